The molecule has 0 amide bonds. The van der Waals surface area contributed by atoms with Gasteiger partial charge >= 0.3 is 13.3 Å². The van der Waals surface area contributed by atoms with Gasteiger partial charge in [-0.05, 0) is 19.9 Å². The first kappa shape index (κ1) is 21.0. The summed E-state index contributed by atoms with van der Waals surface area (Å²) in [6.45, 7) is 6.73. The number of ether oxygens (including phenoxy) is 2. The van der Waals surface area contributed by atoms with Gasteiger partial charge in [-0.25, -0.2) is 4.79 Å². The molecule has 0 saturated carbocycles. The van der Waals surface area contributed by atoms with E-state index in [1.807, 2.05) is 13.8 Å². The highest BCUT2D eigenvalue weighted by Crippen LogP contribution is 2.51. The summed E-state index contributed by atoms with van der Waals surface area (Å²) in [4.78, 5) is 25.7. The number of hydrogen-bond donors (Lipinski definition) is 3. The van der Waals surface area contributed by atoms with E-state index in [-0.39, 0.29) is 18.5 Å². The molecule has 4 N–H and O–H groups in total. The summed E-state index contributed by atoms with van der Waals surface area (Å²) in [6.07, 6.45) is -3.31. The molecule has 1 aliphatic heterocycles. The average molecular weight is 391 g/mol. The van der Waals surface area contributed by atoms with E-state index in [4.69, 9.17) is 19.7 Å². The monoisotopic (exact) mass is 391 g/mol. The van der Waals surface area contributed by atoms with Crippen LogP contribution in [-0.2, 0) is 18.6 Å². The number of hydrogen-bond acceptors (Lipinski definition) is 8. The maximum atomic E-state index is 12.3. The summed E-state index contributed by atoms with van der Waals surface area (Å²) >= 11 is 0. The summed E-state index contributed by atoms with van der Waals surface area (Å²) in [5, 5.41) is 10.6. The maximum Gasteiger partial charge on any atom is 0.351 e. The zero-order chi connectivity index (χ0) is 19.6. The fourth-order valence-corrected chi connectivity index (χ4v) is 3.27. The molecule has 1 aliphatic rings. The second-order valence-electron chi connectivity index (χ2n) is 6.71. The molecular formula is C15H26N3O7P. The molecule has 0 bridgehead atoms. The number of nitrogen functional groups attached to an aromatic ring is 1. The Balaban J connectivity index is 2.30. The van der Waals surface area contributed by atoms with Crippen LogP contribution in [0.15, 0.2) is 17.1 Å². The number of nitrogens with zero attached hydrogens (tertiary/aromatic N) is 2. The molecule has 10 nitrogen and oxygen atoms in total. The molecule has 0 spiro atoms. The molecule has 148 valence electrons. The number of rotatable bonds is 7. The van der Waals surface area contributed by atoms with E-state index in [1.165, 1.54) is 26.1 Å². The number of aromatic nitrogens is 2. The first-order valence-electron chi connectivity index (χ1n) is 8.33. The lowest BCUT2D eigenvalue weighted by atomic mass is 10.1. The lowest BCUT2D eigenvalue weighted by Crippen LogP contribution is -2.38. The second kappa shape index (κ2) is 8.16. The van der Waals surface area contributed by atoms with Crippen molar-refractivity contribution in [2.75, 3.05) is 12.3 Å². The standard InChI is InChI=1S/C15H26N3O7P/c1-8(2)23-7-10-13(25-26(21,22)9(3)4)12(19)14(24-10)18-6-5-11(16)17-15(18)20/h5-6,8-10,12-14,19H,7H2,1-4H3,(H,21,22)(H2,16,17,20)/t10-,12?,13+,14-/m1/s1. The minimum absolute atomic E-state index is 0.0190. The normalized spacial score (nSPS) is 28.6. The van der Waals surface area contributed by atoms with Crippen molar-refractivity contribution in [3.05, 3.63) is 22.7 Å². The first-order valence-corrected chi connectivity index (χ1v) is 9.98. The minimum Gasteiger partial charge on any atom is -0.386 e. The molecule has 1 aromatic rings. The predicted molar refractivity (Wildman–Crippen MR) is 93.7 cm³/mol. The van der Waals surface area contributed by atoms with E-state index in [1.54, 1.807) is 0 Å². The Kier molecular flexibility index (Phi) is 6.60. The van der Waals surface area contributed by atoms with E-state index >= 15 is 0 Å². The molecule has 5 atom stereocenters. The summed E-state index contributed by atoms with van der Waals surface area (Å²) in [5.74, 6) is 0.0332. The molecule has 1 fully saturated rings. The van der Waals surface area contributed by atoms with Crippen molar-refractivity contribution >= 4 is 13.4 Å². The third kappa shape index (κ3) is 4.70. The van der Waals surface area contributed by atoms with Crippen molar-refractivity contribution in [1.82, 2.24) is 9.55 Å². The molecule has 1 aromatic heterocycles. The summed E-state index contributed by atoms with van der Waals surface area (Å²) in [6, 6.07) is 1.39. The molecule has 0 radical (unpaired) electrons. The van der Waals surface area contributed by atoms with Gasteiger partial charge in [0, 0.05) is 6.20 Å². The average Bonchev–Trinajstić information content (AvgIpc) is 2.81. The van der Waals surface area contributed by atoms with Gasteiger partial charge < -0.3 is 25.2 Å². The molecule has 11 heteroatoms. The van der Waals surface area contributed by atoms with Crippen LogP contribution in [0, 0.1) is 0 Å². The Morgan fingerprint density at radius 1 is 1.42 bits per heavy atom. The third-order valence-corrected chi connectivity index (χ3v) is 5.80. The highest BCUT2D eigenvalue weighted by atomic mass is 31.2. The van der Waals surface area contributed by atoms with Gasteiger partial charge in [-0.15, -0.1) is 0 Å². The van der Waals surface area contributed by atoms with E-state index in [2.05, 4.69) is 4.98 Å². The Morgan fingerprint density at radius 3 is 2.62 bits per heavy atom. The van der Waals surface area contributed by atoms with Crippen LogP contribution in [0.4, 0.5) is 5.82 Å². The highest BCUT2D eigenvalue weighted by molar-refractivity contribution is 7.53. The number of aliphatic hydroxyl groups is 1. The van der Waals surface area contributed by atoms with Crippen LogP contribution in [-0.4, -0.2) is 56.2 Å². The number of nitrogens with two attached hydrogens (primary N) is 1. The lowest BCUT2D eigenvalue weighted by Gasteiger charge is -2.25. The fraction of sp³-hybridized carbons (Fsp3) is 0.733. The smallest absolute Gasteiger partial charge is 0.351 e. The zero-order valence-corrected chi connectivity index (χ0v) is 16.1. The van der Waals surface area contributed by atoms with Crippen LogP contribution >= 0.6 is 7.60 Å². The lowest BCUT2D eigenvalue weighted by molar-refractivity contribution is -0.0767. The summed E-state index contributed by atoms with van der Waals surface area (Å²) in [5.41, 5.74) is 4.09. The zero-order valence-electron chi connectivity index (χ0n) is 15.2. The van der Waals surface area contributed by atoms with Gasteiger partial charge in [0.1, 0.15) is 24.1 Å². The quantitative estimate of drug-likeness (QED) is 0.565. The SMILES string of the molecule is CC(C)OC[C@H]1O[C@@H](n2ccc(N)nc2=O)C(O)[C@H]1OP(=O)(O)C(C)C. The van der Waals surface area contributed by atoms with Crippen molar-refractivity contribution < 1.29 is 28.6 Å². The largest absolute Gasteiger partial charge is 0.386 e. The van der Waals surface area contributed by atoms with Gasteiger partial charge in [0.15, 0.2) is 6.23 Å². The number of aliphatic hydroxyl groups excluding tert-OH is 1. The van der Waals surface area contributed by atoms with Gasteiger partial charge in [0.25, 0.3) is 0 Å². The Labute approximate surface area is 151 Å². The van der Waals surface area contributed by atoms with Crippen molar-refractivity contribution in [3.8, 4) is 0 Å². The molecule has 0 aromatic carbocycles. The summed E-state index contributed by atoms with van der Waals surface area (Å²) in [7, 11) is -3.99. The van der Waals surface area contributed by atoms with Crippen LogP contribution in [0.1, 0.15) is 33.9 Å². The van der Waals surface area contributed by atoms with Crippen LogP contribution in [0.2, 0.25) is 0 Å². The van der Waals surface area contributed by atoms with Crippen LogP contribution in [0.3, 0.4) is 0 Å². The summed E-state index contributed by atoms with van der Waals surface area (Å²) < 4.78 is 29.9. The molecule has 2 unspecified atom stereocenters. The van der Waals surface area contributed by atoms with Gasteiger partial charge in [-0.3, -0.25) is 13.7 Å². The van der Waals surface area contributed by atoms with Crippen molar-refractivity contribution in [2.24, 2.45) is 0 Å². The third-order valence-electron chi connectivity index (χ3n) is 3.95. The van der Waals surface area contributed by atoms with Crippen molar-refractivity contribution in [2.45, 2.75) is 64.0 Å². The maximum absolute atomic E-state index is 12.3. The Hall–Kier alpha value is -1.29. The van der Waals surface area contributed by atoms with Crippen LogP contribution in [0.5, 0.6) is 0 Å². The Bertz CT molecular complexity index is 723. The second-order valence-corrected chi connectivity index (χ2v) is 9.08. The van der Waals surface area contributed by atoms with Crippen molar-refractivity contribution in [1.29, 1.82) is 0 Å². The van der Waals surface area contributed by atoms with E-state index in [9.17, 15) is 19.4 Å². The molecular weight excluding hydrogens is 365 g/mol. The van der Waals surface area contributed by atoms with Gasteiger partial charge in [0.05, 0.1) is 18.4 Å². The van der Waals surface area contributed by atoms with Crippen LogP contribution in [0.25, 0.3) is 0 Å². The van der Waals surface area contributed by atoms with E-state index < -0.39 is 43.5 Å². The molecule has 0 aliphatic carbocycles. The molecule has 26 heavy (non-hydrogen) atoms. The number of anilines is 1. The Morgan fingerprint density at radius 2 is 2.08 bits per heavy atom. The van der Waals surface area contributed by atoms with Gasteiger partial charge in [0.2, 0.25) is 0 Å². The van der Waals surface area contributed by atoms with E-state index in [0.29, 0.717) is 0 Å². The van der Waals surface area contributed by atoms with Gasteiger partial charge in [-0.2, -0.15) is 4.98 Å². The fourth-order valence-electron chi connectivity index (χ4n) is 2.42. The minimum atomic E-state index is -3.99. The van der Waals surface area contributed by atoms with Crippen molar-refractivity contribution in [3.63, 3.8) is 0 Å². The molecule has 2 rings (SSSR count). The van der Waals surface area contributed by atoms with Crippen LogP contribution < -0.4 is 11.4 Å². The highest BCUT2D eigenvalue weighted by Gasteiger charge is 2.49. The van der Waals surface area contributed by atoms with Gasteiger partial charge in [-0.1, -0.05) is 13.8 Å². The molecule has 1 saturated heterocycles. The first-order chi connectivity index (χ1) is 12.0. The molecule has 2 heterocycles. The van der Waals surface area contributed by atoms with E-state index in [0.717, 1.165) is 4.57 Å². The predicted octanol–water partition coefficient (Wildman–Crippen LogP) is 0.488. The topological polar surface area (TPSA) is 146 Å².